The third-order valence-corrected chi connectivity index (χ3v) is 4.09. The van der Waals surface area contributed by atoms with Gasteiger partial charge in [-0.05, 0) is 0 Å². The number of carbonyl (C=O) groups excluding carboxylic acids is 2. The molecule has 1 aliphatic heterocycles. The van der Waals surface area contributed by atoms with E-state index in [0.717, 1.165) is 0 Å². The zero-order valence-corrected chi connectivity index (χ0v) is 13.6. The Morgan fingerprint density at radius 2 is 1.74 bits per heavy atom. The predicted molar refractivity (Wildman–Crippen MR) is 80.0 cm³/mol. The van der Waals surface area contributed by atoms with Gasteiger partial charge in [-0.25, -0.2) is 13.2 Å². The zero-order valence-electron chi connectivity index (χ0n) is 13.6. The molecule has 1 saturated heterocycles. The minimum Gasteiger partial charge on any atom is -0.419 e. The molecule has 3 rings (SSSR count). The highest BCUT2D eigenvalue weighted by Crippen LogP contribution is 2.29. The van der Waals surface area contributed by atoms with Gasteiger partial charge in [0.15, 0.2) is 5.78 Å². The van der Waals surface area contributed by atoms with E-state index in [1.54, 1.807) is 18.2 Å². The fourth-order valence-electron chi connectivity index (χ4n) is 2.76. The second kappa shape index (κ2) is 7.57. The number of allylic oxidation sites excluding steroid dienone is 3. The predicted octanol–water partition coefficient (Wildman–Crippen LogP) is 2.40. The summed E-state index contributed by atoms with van der Waals surface area (Å²) in [6, 6.07) is -0.591. The number of benzene rings is 1. The summed E-state index contributed by atoms with van der Waals surface area (Å²) in [5.74, 6) is -14.4. The van der Waals surface area contributed by atoms with Crippen molar-refractivity contribution in [1.82, 2.24) is 4.90 Å². The maximum absolute atomic E-state index is 13.6. The van der Waals surface area contributed by atoms with E-state index in [9.17, 15) is 31.5 Å². The van der Waals surface area contributed by atoms with Gasteiger partial charge in [-0.2, -0.15) is 8.78 Å². The van der Waals surface area contributed by atoms with Crippen LogP contribution in [0.3, 0.4) is 0 Å². The van der Waals surface area contributed by atoms with Crippen molar-refractivity contribution in [2.75, 3.05) is 19.9 Å². The van der Waals surface area contributed by atoms with Crippen molar-refractivity contribution in [3.63, 3.8) is 0 Å². The number of nitrogens with zero attached hydrogens (tertiary/aromatic N) is 1. The van der Waals surface area contributed by atoms with E-state index < -0.39 is 53.4 Å². The highest BCUT2D eigenvalue weighted by molar-refractivity contribution is 5.98. The van der Waals surface area contributed by atoms with Crippen LogP contribution in [0.2, 0.25) is 0 Å². The maximum atomic E-state index is 13.6. The van der Waals surface area contributed by atoms with Crippen molar-refractivity contribution in [3.05, 3.63) is 52.9 Å². The average Bonchev–Trinajstić information content (AvgIpc) is 3.10. The highest BCUT2D eigenvalue weighted by atomic mass is 19.2. The van der Waals surface area contributed by atoms with Gasteiger partial charge in [0.2, 0.25) is 34.8 Å². The lowest BCUT2D eigenvalue weighted by Crippen LogP contribution is -2.40. The molecule has 1 aromatic carbocycles. The summed E-state index contributed by atoms with van der Waals surface area (Å²) in [6.45, 7) is -0.565. The second-order valence-corrected chi connectivity index (χ2v) is 5.81. The molecule has 5 nitrogen and oxygen atoms in total. The van der Waals surface area contributed by atoms with Crippen molar-refractivity contribution in [3.8, 4) is 5.75 Å². The van der Waals surface area contributed by atoms with Gasteiger partial charge in [0, 0.05) is 12.0 Å². The third kappa shape index (κ3) is 3.62. The molecule has 0 spiro atoms. The second-order valence-electron chi connectivity index (χ2n) is 5.81. The maximum Gasteiger partial charge on any atom is 0.325 e. The van der Waals surface area contributed by atoms with Crippen molar-refractivity contribution < 1.29 is 41.0 Å². The molecule has 10 heteroatoms. The normalized spacial score (nSPS) is 20.1. The van der Waals surface area contributed by atoms with E-state index in [1.165, 1.54) is 4.90 Å². The smallest absolute Gasteiger partial charge is 0.325 e. The van der Waals surface area contributed by atoms with Gasteiger partial charge in [0.1, 0.15) is 6.73 Å². The van der Waals surface area contributed by atoms with E-state index in [4.69, 9.17) is 4.74 Å². The number of hydrogen-bond donors (Lipinski definition) is 0. The Balaban J connectivity index is 1.76. The molecular weight excluding hydrogens is 377 g/mol. The number of ketones is 1. The van der Waals surface area contributed by atoms with Crippen LogP contribution in [-0.4, -0.2) is 42.6 Å². The fraction of sp³-hybridized carbons (Fsp3) is 0.294. The first-order valence-electron chi connectivity index (χ1n) is 7.75. The van der Waals surface area contributed by atoms with Crippen LogP contribution in [-0.2, 0) is 14.3 Å². The summed E-state index contributed by atoms with van der Waals surface area (Å²) < 4.78 is 76.1. The molecule has 27 heavy (non-hydrogen) atoms. The molecule has 0 radical (unpaired) electrons. The van der Waals surface area contributed by atoms with E-state index in [-0.39, 0.29) is 25.5 Å². The van der Waals surface area contributed by atoms with Crippen LogP contribution in [0.15, 0.2) is 23.8 Å². The van der Waals surface area contributed by atoms with Crippen molar-refractivity contribution in [1.29, 1.82) is 0 Å². The molecule has 1 fully saturated rings. The molecule has 1 aromatic rings. The molecule has 1 aliphatic carbocycles. The summed E-state index contributed by atoms with van der Waals surface area (Å²) >= 11 is 0. The Labute approximate surface area is 149 Å². The van der Waals surface area contributed by atoms with E-state index in [2.05, 4.69) is 4.74 Å². The SMILES string of the molecule is O=C(CN1COC[C@@H]1C1=CC=CCC1=O)Oc1c(F)c(F)c(F)c(F)c1F. The zero-order chi connectivity index (χ0) is 19.7. The Hall–Kier alpha value is -2.59. The molecular formula is C17H12F5NO4. The highest BCUT2D eigenvalue weighted by Gasteiger charge is 2.34. The fourth-order valence-corrected chi connectivity index (χ4v) is 2.76. The molecule has 0 unspecified atom stereocenters. The van der Waals surface area contributed by atoms with E-state index in [1.807, 2.05) is 0 Å². The Morgan fingerprint density at radius 1 is 1.11 bits per heavy atom. The number of carbonyl (C=O) groups is 2. The summed E-state index contributed by atoms with van der Waals surface area (Å²) in [7, 11) is 0. The monoisotopic (exact) mass is 389 g/mol. The topological polar surface area (TPSA) is 55.8 Å². The van der Waals surface area contributed by atoms with Gasteiger partial charge < -0.3 is 9.47 Å². The summed E-state index contributed by atoms with van der Waals surface area (Å²) in [4.78, 5) is 25.3. The third-order valence-electron chi connectivity index (χ3n) is 4.09. The summed E-state index contributed by atoms with van der Waals surface area (Å²) in [5.41, 5.74) is 0.388. The van der Waals surface area contributed by atoms with Gasteiger partial charge in [0.25, 0.3) is 0 Å². The molecule has 0 amide bonds. The summed E-state index contributed by atoms with van der Waals surface area (Å²) in [5, 5.41) is 0. The van der Waals surface area contributed by atoms with Crippen LogP contribution in [0.5, 0.6) is 5.75 Å². The lowest BCUT2D eigenvalue weighted by Gasteiger charge is -2.23. The first kappa shape index (κ1) is 19.2. The number of ether oxygens (including phenoxy) is 2. The van der Waals surface area contributed by atoms with Crippen molar-refractivity contribution in [2.45, 2.75) is 12.5 Å². The number of Topliss-reactive ketones (excluding diaryl/α,β-unsaturated/α-hetero) is 1. The minimum absolute atomic E-state index is 0.0782. The first-order chi connectivity index (χ1) is 12.8. The van der Waals surface area contributed by atoms with Crippen molar-refractivity contribution in [2.24, 2.45) is 0 Å². The summed E-state index contributed by atoms with van der Waals surface area (Å²) in [6.07, 6.45) is 5.07. The molecule has 1 heterocycles. The quantitative estimate of drug-likeness (QED) is 0.260. The van der Waals surface area contributed by atoms with Gasteiger partial charge in [0.05, 0.1) is 19.2 Å². The minimum atomic E-state index is -2.35. The molecule has 0 N–H and O–H groups in total. The van der Waals surface area contributed by atoms with Crippen LogP contribution in [0.1, 0.15) is 6.42 Å². The van der Waals surface area contributed by atoms with Crippen LogP contribution >= 0.6 is 0 Å². The van der Waals surface area contributed by atoms with E-state index >= 15 is 0 Å². The van der Waals surface area contributed by atoms with E-state index in [0.29, 0.717) is 5.57 Å². The van der Waals surface area contributed by atoms with Gasteiger partial charge >= 0.3 is 5.97 Å². The van der Waals surface area contributed by atoms with Gasteiger partial charge in [-0.1, -0.05) is 18.2 Å². The molecule has 0 saturated carbocycles. The molecule has 2 aliphatic rings. The Morgan fingerprint density at radius 3 is 2.37 bits per heavy atom. The molecule has 1 atom stereocenters. The van der Waals surface area contributed by atoms with Crippen LogP contribution < -0.4 is 4.74 Å². The number of rotatable bonds is 4. The number of halogens is 5. The van der Waals surface area contributed by atoms with Crippen molar-refractivity contribution >= 4 is 11.8 Å². The Kier molecular flexibility index (Phi) is 5.38. The number of esters is 1. The van der Waals surface area contributed by atoms with Crippen LogP contribution in [0.4, 0.5) is 22.0 Å². The standard InChI is InChI=1S/C17H12F5NO4/c18-12-13(19)15(21)17(16(22)14(12)20)27-11(25)5-23-7-26-6-9(23)8-3-1-2-4-10(8)24/h1-3,9H,4-7H2/t9-/m1/s1. The van der Waals surface area contributed by atoms with Gasteiger partial charge in [-0.3, -0.25) is 14.5 Å². The molecule has 0 aromatic heterocycles. The van der Waals surface area contributed by atoms with Crippen LogP contribution in [0, 0.1) is 29.1 Å². The Bertz CT molecular complexity index is 838. The molecule has 144 valence electrons. The average molecular weight is 389 g/mol. The largest absolute Gasteiger partial charge is 0.419 e. The van der Waals surface area contributed by atoms with Crippen LogP contribution in [0.25, 0.3) is 0 Å². The number of hydrogen-bond acceptors (Lipinski definition) is 5. The first-order valence-corrected chi connectivity index (χ1v) is 7.75. The molecule has 0 bridgehead atoms. The van der Waals surface area contributed by atoms with Gasteiger partial charge in [-0.15, -0.1) is 0 Å². The lowest BCUT2D eigenvalue weighted by atomic mass is 9.96. The lowest BCUT2D eigenvalue weighted by molar-refractivity contribution is -0.136.